The van der Waals surface area contributed by atoms with Gasteiger partial charge in [0.15, 0.2) is 0 Å². The lowest BCUT2D eigenvalue weighted by Crippen LogP contribution is -2.33. The first-order valence-electron chi connectivity index (χ1n) is 11.7. The number of nitrogens with zero attached hydrogens (tertiary/aromatic N) is 1. The fraction of sp³-hybridized carbons (Fsp3) is 0.138. The molecule has 0 heterocycles. The van der Waals surface area contributed by atoms with Crippen LogP contribution in [0.4, 0.5) is 5.69 Å². The third-order valence-corrected chi connectivity index (χ3v) is 7.74. The number of benzene rings is 4. The summed E-state index contributed by atoms with van der Waals surface area (Å²) in [5.41, 5.74) is 1.25. The van der Waals surface area contributed by atoms with Crippen LogP contribution < -0.4 is 14.8 Å². The van der Waals surface area contributed by atoms with Crippen molar-refractivity contribution >= 4 is 21.6 Å². The number of carbonyl (C=O) groups excluding carboxylic acids is 1. The lowest BCUT2D eigenvalue weighted by molar-refractivity contribution is -0.117. The summed E-state index contributed by atoms with van der Waals surface area (Å²) in [6.45, 7) is 0. The fourth-order valence-electron chi connectivity index (χ4n) is 3.83. The van der Waals surface area contributed by atoms with Crippen LogP contribution in [-0.4, -0.2) is 32.8 Å². The minimum atomic E-state index is -3.85. The molecule has 0 fully saturated rings. The SMILES string of the molecule is COc1ccc([C@@H](CC(=O)Nc2ccc(Oc3ccccc3)cc2)N(C)S(=O)(=O)c2ccccc2)cc1. The van der Waals surface area contributed by atoms with E-state index in [2.05, 4.69) is 5.32 Å². The maximum Gasteiger partial charge on any atom is 0.243 e. The van der Waals surface area contributed by atoms with Crippen LogP contribution >= 0.6 is 0 Å². The number of amides is 1. The Morgan fingerprint density at radius 3 is 1.92 bits per heavy atom. The summed E-state index contributed by atoms with van der Waals surface area (Å²) in [7, 11) is -0.806. The first-order chi connectivity index (χ1) is 17.9. The predicted octanol–water partition coefficient (Wildman–Crippen LogP) is 5.88. The van der Waals surface area contributed by atoms with Crippen LogP contribution in [0.3, 0.4) is 0 Å². The Bertz CT molecular complexity index is 1410. The number of hydrogen-bond acceptors (Lipinski definition) is 5. The van der Waals surface area contributed by atoms with Crippen LogP contribution in [0.2, 0.25) is 0 Å². The molecular formula is C29H28N2O5S. The van der Waals surface area contributed by atoms with Crippen molar-refractivity contribution in [1.29, 1.82) is 0 Å². The summed E-state index contributed by atoms with van der Waals surface area (Å²) in [5.74, 6) is 1.66. The Morgan fingerprint density at radius 1 is 0.784 bits per heavy atom. The molecular weight excluding hydrogens is 488 g/mol. The highest BCUT2D eigenvalue weighted by Crippen LogP contribution is 2.31. The highest BCUT2D eigenvalue weighted by Gasteiger charge is 2.31. The van der Waals surface area contributed by atoms with Crippen LogP contribution in [0.15, 0.2) is 114 Å². The highest BCUT2D eigenvalue weighted by molar-refractivity contribution is 7.89. The van der Waals surface area contributed by atoms with Crippen molar-refractivity contribution < 1.29 is 22.7 Å². The van der Waals surface area contributed by atoms with Gasteiger partial charge in [-0.3, -0.25) is 4.79 Å². The number of anilines is 1. The van der Waals surface area contributed by atoms with Crippen molar-refractivity contribution in [2.45, 2.75) is 17.4 Å². The highest BCUT2D eigenvalue weighted by atomic mass is 32.2. The molecule has 1 amide bonds. The summed E-state index contributed by atoms with van der Waals surface area (Å²) >= 11 is 0. The third-order valence-electron chi connectivity index (χ3n) is 5.86. The topological polar surface area (TPSA) is 84.9 Å². The number of nitrogens with one attached hydrogen (secondary N) is 1. The lowest BCUT2D eigenvalue weighted by Gasteiger charge is -2.28. The van der Waals surface area contributed by atoms with Gasteiger partial charge >= 0.3 is 0 Å². The second-order valence-electron chi connectivity index (χ2n) is 8.32. The van der Waals surface area contributed by atoms with Gasteiger partial charge in [0.1, 0.15) is 17.2 Å². The van der Waals surface area contributed by atoms with Gasteiger partial charge in [-0.05, 0) is 66.2 Å². The molecule has 0 radical (unpaired) electrons. The molecule has 0 bridgehead atoms. The molecule has 190 valence electrons. The first-order valence-corrected chi connectivity index (χ1v) is 13.1. The van der Waals surface area contributed by atoms with Gasteiger partial charge in [0, 0.05) is 19.2 Å². The molecule has 0 aliphatic rings. The third kappa shape index (κ3) is 6.55. The maximum atomic E-state index is 13.4. The summed E-state index contributed by atoms with van der Waals surface area (Å²) < 4.78 is 39.0. The zero-order valence-electron chi connectivity index (χ0n) is 20.6. The van der Waals surface area contributed by atoms with Crippen molar-refractivity contribution in [3.05, 3.63) is 115 Å². The largest absolute Gasteiger partial charge is 0.497 e. The molecule has 0 unspecified atom stereocenters. The molecule has 0 aliphatic heterocycles. The van der Waals surface area contributed by atoms with E-state index in [1.165, 1.54) is 23.5 Å². The van der Waals surface area contributed by atoms with Crippen LogP contribution in [0.25, 0.3) is 0 Å². The van der Waals surface area contributed by atoms with E-state index in [4.69, 9.17) is 9.47 Å². The summed E-state index contributed by atoms with van der Waals surface area (Å²) in [4.78, 5) is 13.2. The molecule has 0 aromatic heterocycles. The van der Waals surface area contributed by atoms with Crippen molar-refractivity contribution in [3.8, 4) is 17.2 Å². The second-order valence-corrected chi connectivity index (χ2v) is 10.3. The van der Waals surface area contributed by atoms with E-state index in [1.54, 1.807) is 73.8 Å². The van der Waals surface area contributed by atoms with Crippen LogP contribution in [-0.2, 0) is 14.8 Å². The van der Waals surface area contributed by atoms with E-state index in [9.17, 15) is 13.2 Å². The van der Waals surface area contributed by atoms with E-state index in [0.29, 0.717) is 28.5 Å². The normalized spacial score (nSPS) is 12.1. The summed E-state index contributed by atoms with van der Waals surface area (Å²) in [6.07, 6.45) is -0.0862. The van der Waals surface area contributed by atoms with Gasteiger partial charge in [-0.2, -0.15) is 4.31 Å². The number of ether oxygens (including phenoxy) is 2. The molecule has 0 saturated carbocycles. The zero-order valence-corrected chi connectivity index (χ0v) is 21.4. The van der Waals surface area contributed by atoms with Gasteiger partial charge in [-0.25, -0.2) is 8.42 Å². The monoisotopic (exact) mass is 516 g/mol. The molecule has 37 heavy (non-hydrogen) atoms. The average Bonchev–Trinajstić information content (AvgIpc) is 2.93. The number of hydrogen-bond donors (Lipinski definition) is 1. The number of para-hydroxylation sites is 1. The molecule has 4 rings (SSSR count). The van der Waals surface area contributed by atoms with Gasteiger partial charge in [-0.1, -0.05) is 48.5 Å². The first kappa shape index (κ1) is 25.9. The Kier molecular flexibility index (Phi) is 8.22. The number of sulfonamides is 1. The van der Waals surface area contributed by atoms with Gasteiger partial charge in [-0.15, -0.1) is 0 Å². The van der Waals surface area contributed by atoms with Crippen molar-refractivity contribution in [3.63, 3.8) is 0 Å². The molecule has 0 aliphatic carbocycles. The predicted molar refractivity (Wildman–Crippen MR) is 143 cm³/mol. The quantitative estimate of drug-likeness (QED) is 0.285. The smallest absolute Gasteiger partial charge is 0.243 e. The Balaban J connectivity index is 1.52. The molecule has 4 aromatic rings. The number of rotatable bonds is 10. The molecule has 4 aromatic carbocycles. The Hall–Kier alpha value is -4.14. The van der Waals surface area contributed by atoms with Crippen molar-refractivity contribution in [2.24, 2.45) is 0 Å². The zero-order chi connectivity index (χ0) is 26.3. The van der Waals surface area contributed by atoms with Crippen molar-refractivity contribution in [2.75, 3.05) is 19.5 Å². The standard InChI is InChI=1S/C29H28N2O5S/c1-31(37(33,34)27-11-7-4-8-12-27)28(22-13-17-24(35-2)18-14-22)21-29(32)30-23-15-19-26(20-16-23)36-25-9-5-3-6-10-25/h3-20,28H,21H2,1-2H3,(H,30,32)/t28-/m1/s1. The summed E-state index contributed by atoms with van der Waals surface area (Å²) in [6, 6.07) is 30.8. The molecule has 0 spiro atoms. The van der Waals surface area contributed by atoms with E-state index in [1.807, 2.05) is 30.3 Å². The van der Waals surface area contributed by atoms with Crippen LogP contribution in [0.1, 0.15) is 18.0 Å². The van der Waals surface area contributed by atoms with E-state index >= 15 is 0 Å². The van der Waals surface area contributed by atoms with Crippen molar-refractivity contribution in [1.82, 2.24) is 4.31 Å². The molecule has 7 nitrogen and oxygen atoms in total. The minimum Gasteiger partial charge on any atom is -0.497 e. The lowest BCUT2D eigenvalue weighted by atomic mass is 10.0. The van der Waals surface area contributed by atoms with E-state index in [-0.39, 0.29) is 17.2 Å². The Labute approximate surface area is 217 Å². The molecule has 0 saturated heterocycles. The molecule has 8 heteroatoms. The summed E-state index contributed by atoms with van der Waals surface area (Å²) in [5, 5.41) is 2.86. The molecule has 1 atom stereocenters. The fourth-order valence-corrected chi connectivity index (χ4v) is 5.19. The Morgan fingerprint density at radius 2 is 1.32 bits per heavy atom. The second kappa shape index (κ2) is 11.7. The van der Waals surface area contributed by atoms with E-state index < -0.39 is 16.1 Å². The van der Waals surface area contributed by atoms with Gasteiger partial charge in [0.2, 0.25) is 15.9 Å². The maximum absolute atomic E-state index is 13.4. The van der Waals surface area contributed by atoms with Gasteiger partial charge < -0.3 is 14.8 Å². The number of carbonyl (C=O) groups is 1. The average molecular weight is 517 g/mol. The van der Waals surface area contributed by atoms with Gasteiger partial charge in [0.05, 0.1) is 18.0 Å². The van der Waals surface area contributed by atoms with Gasteiger partial charge in [0.25, 0.3) is 0 Å². The van der Waals surface area contributed by atoms with E-state index in [0.717, 1.165) is 0 Å². The molecule has 1 N–H and O–H groups in total. The van der Waals surface area contributed by atoms with Crippen LogP contribution in [0.5, 0.6) is 17.2 Å². The van der Waals surface area contributed by atoms with Crippen LogP contribution in [0, 0.1) is 0 Å². The minimum absolute atomic E-state index is 0.0862. The number of methoxy groups -OCH3 is 1.